The number of nitrogens with one attached hydrogen (secondary N) is 2. The predicted molar refractivity (Wildman–Crippen MR) is 110 cm³/mol. The second-order valence-corrected chi connectivity index (χ2v) is 8.99. The number of urea groups is 1. The van der Waals surface area contributed by atoms with Gasteiger partial charge in [-0.15, -0.1) is 11.3 Å². The molecule has 1 aliphatic heterocycles. The molecule has 0 spiro atoms. The number of carbonyl (C=O) groups is 3. The molecule has 3 N–H and O–H groups in total. The molecule has 2 aromatic carbocycles. The van der Waals surface area contributed by atoms with Crippen molar-refractivity contribution in [1.29, 1.82) is 0 Å². The zero-order valence-electron chi connectivity index (χ0n) is 16.7. The van der Waals surface area contributed by atoms with Crippen LogP contribution in [-0.2, 0) is 19.7 Å². The van der Waals surface area contributed by atoms with Gasteiger partial charge in [-0.3, -0.25) is 24.8 Å². The van der Waals surface area contributed by atoms with Crippen LogP contribution in [0.4, 0.5) is 10.5 Å². The topological polar surface area (TPSA) is 167 Å². The van der Waals surface area contributed by atoms with Crippen molar-refractivity contribution in [3.63, 3.8) is 0 Å². The minimum atomic E-state index is -4.72. The van der Waals surface area contributed by atoms with Crippen LogP contribution in [0.25, 0.3) is 20.8 Å². The Bertz CT molecular complexity index is 1380. The van der Waals surface area contributed by atoms with Gasteiger partial charge in [-0.1, -0.05) is 6.07 Å². The Kier molecular flexibility index (Phi) is 6.88. The molecule has 0 saturated carbocycles. The van der Waals surface area contributed by atoms with Crippen LogP contribution in [0.1, 0.15) is 5.56 Å². The van der Waals surface area contributed by atoms with E-state index < -0.39 is 38.9 Å². The first kappa shape index (κ1) is 24.1. The van der Waals surface area contributed by atoms with Gasteiger partial charge >= 0.3 is 35.6 Å². The van der Waals surface area contributed by atoms with Gasteiger partial charge in [0.15, 0.2) is 0 Å². The van der Waals surface area contributed by atoms with Crippen molar-refractivity contribution in [2.45, 2.75) is 17.9 Å². The number of fused-ring (bicyclic) bond motifs is 1. The van der Waals surface area contributed by atoms with Crippen molar-refractivity contribution >= 4 is 55.2 Å². The molecule has 1 saturated heterocycles. The van der Waals surface area contributed by atoms with E-state index in [-0.39, 0.29) is 35.2 Å². The fourth-order valence-corrected chi connectivity index (χ4v) is 4.54. The van der Waals surface area contributed by atoms with E-state index in [0.717, 1.165) is 15.8 Å². The maximum Gasteiger partial charge on any atom is 1.00 e. The number of benzene rings is 2. The average molecular weight is 482 g/mol. The molecular formula is C18H13N5NaO6S2+. The van der Waals surface area contributed by atoms with E-state index in [9.17, 15) is 27.4 Å². The van der Waals surface area contributed by atoms with Crippen LogP contribution in [0.15, 0.2) is 51.5 Å². The third-order valence-corrected chi connectivity index (χ3v) is 6.23. The molecule has 4 rings (SSSR count). The molecule has 1 aromatic heterocycles. The van der Waals surface area contributed by atoms with Crippen LogP contribution in [0.5, 0.6) is 0 Å². The Hall–Kier alpha value is -2.55. The summed E-state index contributed by atoms with van der Waals surface area (Å²) in [6, 6.07) is 7.01. The van der Waals surface area contributed by atoms with Gasteiger partial charge in [0, 0.05) is 5.56 Å². The minimum Gasteiger partial charge on any atom is -0.282 e. The minimum absolute atomic E-state index is 0. The number of imide groups is 2. The largest absolute Gasteiger partial charge is 1.00 e. The van der Waals surface area contributed by atoms with Gasteiger partial charge in [-0.2, -0.15) is 18.6 Å². The predicted octanol–water partition coefficient (Wildman–Crippen LogP) is -0.659. The SMILES string of the molecule is Cc1ccc2nc(-c3ccc(N=NC4C(=O)NC(=O)NC4=O)c(S(=O)(=O)O)c3)sc2c1.[Na+]. The molecule has 158 valence electrons. The number of aromatic nitrogens is 1. The number of hydrogen-bond donors (Lipinski definition) is 3. The van der Waals surface area contributed by atoms with Gasteiger partial charge in [0.05, 0.1) is 10.2 Å². The Morgan fingerprint density at radius 3 is 2.41 bits per heavy atom. The maximum atomic E-state index is 11.9. The molecule has 3 aromatic rings. The summed E-state index contributed by atoms with van der Waals surface area (Å²) in [6.07, 6.45) is 0. The van der Waals surface area contributed by atoms with Gasteiger partial charge in [0.25, 0.3) is 21.9 Å². The molecule has 0 unspecified atom stereocenters. The molecule has 4 amide bonds. The fourth-order valence-electron chi connectivity index (χ4n) is 2.83. The van der Waals surface area contributed by atoms with Crippen molar-refractivity contribution in [3.05, 3.63) is 42.0 Å². The number of rotatable bonds is 4. The van der Waals surface area contributed by atoms with Gasteiger partial charge < -0.3 is 0 Å². The summed E-state index contributed by atoms with van der Waals surface area (Å²) >= 11 is 1.35. The Labute approximate surface area is 207 Å². The number of azo groups is 1. The average Bonchev–Trinajstić information content (AvgIpc) is 3.09. The molecule has 14 heteroatoms. The molecule has 1 aliphatic rings. The normalized spacial score (nSPS) is 15.0. The van der Waals surface area contributed by atoms with E-state index in [4.69, 9.17) is 0 Å². The van der Waals surface area contributed by atoms with Crippen molar-refractivity contribution in [2.24, 2.45) is 10.2 Å². The summed E-state index contributed by atoms with van der Waals surface area (Å²) in [6.45, 7) is 1.94. The van der Waals surface area contributed by atoms with Gasteiger partial charge in [0.1, 0.15) is 15.6 Å². The third kappa shape index (κ3) is 4.92. The number of carbonyl (C=O) groups excluding carboxylic acids is 3. The first-order chi connectivity index (χ1) is 14.6. The van der Waals surface area contributed by atoms with Crippen LogP contribution in [0.3, 0.4) is 0 Å². The van der Waals surface area contributed by atoms with Crippen molar-refractivity contribution in [3.8, 4) is 10.6 Å². The van der Waals surface area contributed by atoms with Gasteiger partial charge in [0.2, 0.25) is 6.04 Å². The summed E-state index contributed by atoms with van der Waals surface area (Å²) in [5.41, 5.74) is 1.92. The second kappa shape index (κ2) is 9.13. The molecule has 11 nitrogen and oxygen atoms in total. The second-order valence-electron chi connectivity index (χ2n) is 6.57. The number of thiazole rings is 1. The standard InChI is InChI=1S/C18H13N5O6S2.Na/c1-8-2-4-10-12(6-8)30-17(19-10)9-3-5-11(13(7-9)31(27,28)29)22-23-14-15(24)20-18(26)21-16(14)25;/h2-7,14H,1H3,(H,27,28,29)(H2,20,21,24,25,26);/q;+1. The molecular weight excluding hydrogens is 469 g/mol. The van der Waals surface area contributed by atoms with E-state index in [1.165, 1.54) is 29.5 Å². The van der Waals surface area contributed by atoms with Crippen molar-refractivity contribution < 1.29 is 56.9 Å². The number of aryl methyl sites for hydroxylation is 1. The summed E-state index contributed by atoms with van der Waals surface area (Å²) in [4.78, 5) is 38.5. The number of nitrogens with zero attached hydrogens (tertiary/aromatic N) is 3. The van der Waals surface area contributed by atoms with E-state index in [1.54, 1.807) is 0 Å². The third-order valence-electron chi connectivity index (χ3n) is 4.28. The maximum absolute atomic E-state index is 11.9. The van der Waals surface area contributed by atoms with E-state index >= 15 is 0 Å². The monoisotopic (exact) mass is 482 g/mol. The van der Waals surface area contributed by atoms with Gasteiger partial charge in [-0.25, -0.2) is 9.78 Å². The zero-order chi connectivity index (χ0) is 22.3. The van der Waals surface area contributed by atoms with Crippen LogP contribution in [-0.4, -0.2) is 41.8 Å². The molecule has 2 heterocycles. The van der Waals surface area contributed by atoms with Crippen molar-refractivity contribution in [2.75, 3.05) is 0 Å². The first-order valence-electron chi connectivity index (χ1n) is 8.67. The molecule has 0 bridgehead atoms. The summed E-state index contributed by atoms with van der Waals surface area (Å²) in [5, 5.41) is 11.4. The van der Waals surface area contributed by atoms with Crippen LogP contribution in [0.2, 0.25) is 0 Å². The quantitative estimate of drug-likeness (QED) is 0.192. The Balaban J connectivity index is 0.00000289. The van der Waals surface area contributed by atoms with E-state index in [1.807, 2.05) is 35.8 Å². The molecule has 0 atom stereocenters. The van der Waals surface area contributed by atoms with Crippen LogP contribution < -0.4 is 40.2 Å². The Morgan fingerprint density at radius 1 is 1.06 bits per heavy atom. The smallest absolute Gasteiger partial charge is 0.282 e. The molecule has 0 aliphatic carbocycles. The fraction of sp³-hybridized carbons (Fsp3) is 0.111. The molecule has 32 heavy (non-hydrogen) atoms. The summed E-state index contributed by atoms with van der Waals surface area (Å²) in [7, 11) is -4.72. The molecule has 0 radical (unpaired) electrons. The number of barbiturate groups is 1. The summed E-state index contributed by atoms with van der Waals surface area (Å²) in [5.74, 6) is -2.01. The summed E-state index contributed by atoms with van der Waals surface area (Å²) < 4.78 is 34.4. The van der Waals surface area contributed by atoms with E-state index in [2.05, 4.69) is 15.2 Å². The van der Waals surface area contributed by atoms with Crippen molar-refractivity contribution in [1.82, 2.24) is 15.6 Å². The number of hydrogen-bond acceptors (Lipinski definition) is 9. The van der Waals surface area contributed by atoms with E-state index in [0.29, 0.717) is 10.6 Å². The molecule has 1 fully saturated rings. The first-order valence-corrected chi connectivity index (χ1v) is 10.9. The Morgan fingerprint density at radius 2 is 1.75 bits per heavy atom. The van der Waals surface area contributed by atoms with Gasteiger partial charge in [-0.05, 0) is 42.8 Å². The number of amides is 4. The van der Waals surface area contributed by atoms with Crippen LogP contribution in [0, 0.1) is 6.92 Å². The van der Waals surface area contributed by atoms with Crippen LogP contribution >= 0.6 is 11.3 Å². The zero-order valence-corrected chi connectivity index (χ0v) is 20.3.